The maximum Gasteiger partial charge on any atom is 0.224 e. The zero-order valence-electron chi connectivity index (χ0n) is 16.7. The fourth-order valence-corrected chi connectivity index (χ4v) is 3.82. The summed E-state index contributed by atoms with van der Waals surface area (Å²) in [6.45, 7) is 5.45. The molecule has 1 aromatic carbocycles. The highest BCUT2D eigenvalue weighted by Gasteiger charge is 2.11. The van der Waals surface area contributed by atoms with Crippen LogP contribution in [-0.2, 0) is 17.8 Å². The number of thiophene rings is 1. The van der Waals surface area contributed by atoms with Gasteiger partial charge in [0.05, 0.1) is 0 Å². The van der Waals surface area contributed by atoms with Crippen LogP contribution in [0.2, 0.25) is 0 Å². The van der Waals surface area contributed by atoms with E-state index < -0.39 is 0 Å². The smallest absolute Gasteiger partial charge is 0.224 e. The van der Waals surface area contributed by atoms with Crippen LogP contribution in [-0.4, -0.2) is 43.4 Å². The number of nitrogens with zero attached hydrogens (tertiary/aromatic N) is 2. The minimum Gasteiger partial charge on any atom is -0.356 e. The number of hydrogen-bond donors (Lipinski definition) is 2. The molecule has 2 N–H and O–H groups in total. The lowest BCUT2D eigenvalue weighted by atomic mass is 10.2. The Balaban J connectivity index is 1.71. The van der Waals surface area contributed by atoms with Crippen LogP contribution < -0.4 is 10.6 Å². The summed E-state index contributed by atoms with van der Waals surface area (Å²) in [5, 5.41) is 6.62. The summed E-state index contributed by atoms with van der Waals surface area (Å²) in [4.78, 5) is 21.0. The van der Waals surface area contributed by atoms with Gasteiger partial charge in [-0.1, -0.05) is 30.3 Å². The van der Waals surface area contributed by atoms with E-state index in [1.807, 2.05) is 48.7 Å². The highest BCUT2D eigenvalue weighted by atomic mass is 32.1. The van der Waals surface area contributed by atoms with Gasteiger partial charge in [-0.2, -0.15) is 0 Å². The molecule has 0 aliphatic rings. The van der Waals surface area contributed by atoms with Crippen LogP contribution in [0.25, 0.3) is 0 Å². The standard InChI is InChI=1S/C21H30N4OS/c1-16(14-19-11-10-17(2)27-19)24-21(22-3)23-13-12-20(26)25(4)15-18-8-6-5-7-9-18/h5-11,16H,12-15H2,1-4H3,(H2,22,23,24). The van der Waals surface area contributed by atoms with Crippen LogP contribution in [0.5, 0.6) is 0 Å². The van der Waals surface area contributed by atoms with E-state index >= 15 is 0 Å². The largest absolute Gasteiger partial charge is 0.356 e. The number of aryl methyl sites for hydroxylation is 1. The van der Waals surface area contributed by atoms with Crippen molar-refractivity contribution in [2.75, 3.05) is 20.6 Å². The maximum atomic E-state index is 12.3. The first-order valence-electron chi connectivity index (χ1n) is 9.28. The first-order chi connectivity index (χ1) is 13.0. The minimum atomic E-state index is 0.115. The average Bonchev–Trinajstić information content (AvgIpc) is 3.06. The summed E-state index contributed by atoms with van der Waals surface area (Å²) in [5.41, 5.74) is 1.14. The van der Waals surface area contributed by atoms with E-state index in [0.717, 1.165) is 17.9 Å². The Kier molecular flexibility index (Phi) is 8.33. The molecule has 0 radical (unpaired) electrons. The molecule has 1 atom stereocenters. The third-order valence-corrected chi connectivity index (χ3v) is 5.25. The van der Waals surface area contributed by atoms with Gasteiger partial charge in [0.1, 0.15) is 0 Å². The Morgan fingerprint density at radius 1 is 1.22 bits per heavy atom. The van der Waals surface area contributed by atoms with Crippen molar-refractivity contribution in [1.82, 2.24) is 15.5 Å². The summed E-state index contributed by atoms with van der Waals surface area (Å²) in [6, 6.07) is 14.6. The third kappa shape index (κ3) is 7.43. The predicted molar refractivity (Wildman–Crippen MR) is 114 cm³/mol. The molecular weight excluding hydrogens is 356 g/mol. The molecule has 27 heavy (non-hydrogen) atoms. The first kappa shape index (κ1) is 21.0. The predicted octanol–water partition coefficient (Wildman–Crippen LogP) is 3.20. The van der Waals surface area contributed by atoms with Crippen molar-refractivity contribution < 1.29 is 4.79 Å². The Morgan fingerprint density at radius 3 is 2.59 bits per heavy atom. The van der Waals surface area contributed by atoms with Gasteiger partial charge in [-0.05, 0) is 31.5 Å². The van der Waals surface area contributed by atoms with Crippen LogP contribution in [0.3, 0.4) is 0 Å². The van der Waals surface area contributed by atoms with Crippen molar-refractivity contribution in [3.05, 3.63) is 57.8 Å². The van der Waals surface area contributed by atoms with E-state index in [-0.39, 0.29) is 11.9 Å². The van der Waals surface area contributed by atoms with Gasteiger partial charge in [-0.25, -0.2) is 0 Å². The number of nitrogens with one attached hydrogen (secondary N) is 2. The van der Waals surface area contributed by atoms with Crippen LogP contribution in [0, 0.1) is 6.92 Å². The monoisotopic (exact) mass is 386 g/mol. The Bertz CT molecular complexity index is 742. The zero-order chi connectivity index (χ0) is 19.6. The Morgan fingerprint density at radius 2 is 1.96 bits per heavy atom. The SMILES string of the molecule is CN=C(NCCC(=O)N(C)Cc1ccccc1)NC(C)Cc1ccc(C)s1. The molecule has 1 aromatic heterocycles. The summed E-state index contributed by atoms with van der Waals surface area (Å²) in [6.07, 6.45) is 1.39. The van der Waals surface area contributed by atoms with Gasteiger partial charge in [0.2, 0.25) is 5.91 Å². The van der Waals surface area contributed by atoms with Crippen LogP contribution in [0.15, 0.2) is 47.5 Å². The fourth-order valence-electron chi connectivity index (χ4n) is 2.80. The molecule has 6 heteroatoms. The van der Waals surface area contributed by atoms with Crippen LogP contribution >= 0.6 is 11.3 Å². The number of carbonyl (C=O) groups excluding carboxylic acids is 1. The lowest BCUT2D eigenvalue weighted by Gasteiger charge is -2.19. The molecule has 146 valence electrons. The Hall–Kier alpha value is -2.34. The summed E-state index contributed by atoms with van der Waals surface area (Å²) in [7, 11) is 3.59. The maximum absolute atomic E-state index is 12.3. The second-order valence-corrected chi connectivity index (χ2v) is 8.12. The number of rotatable bonds is 8. The van der Waals surface area contributed by atoms with Crippen molar-refractivity contribution in [2.45, 2.75) is 39.3 Å². The number of benzene rings is 1. The molecule has 0 saturated heterocycles. The molecule has 1 amide bonds. The summed E-state index contributed by atoms with van der Waals surface area (Å²) < 4.78 is 0. The second kappa shape index (κ2) is 10.7. The van der Waals surface area contributed by atoms with Gasteiger partial charge in [0, 0.05) is 55.8 Å². The van der Waals surface area contributed by atoms with Crippen molar-refractivity contribution in [3.8, 4) is 0 Å². The van der Waals surface area contributed by atoms with E-state index in [0.29, 0.717) is 19.5 Å². The number of guanidine groups is 1. The molecule has 0 saturated carbocycles. The van der Waals surface area contributed by atoms with Crippen LogP contribution in [0.4, 0.5) is 0 Å². The molecule has 0 aliphatic heterocycles. The molecule has 1 heterocycles. The topological polar surface area (TPSA) is 56.7 Å². The van der Waals surface area contributed by atoms with Gasteiger partial charge in [-0.15, -0.1) is 11.3 Å². The van der Waals surface area contributed by atoms with Gasteiger partial charge < -0.3 is 15.5 Å². The minimum absolute atomic E-state index is 0.115. The third-order valence-electron chi connectivity index (χ3n) is 4.23. The van der Waals surface area contributed by atoms with E-state index in [4.69, 9.17) is 0 Å². The molecular formula is C21H30N4OS. The quantitative estimate of drug-likeness (QED) is 0.541. The number of carbonyl (C=O) groups is 1. The van der Waals surface area contributed by atoms with Crippen LogP contribution in [0.1, 0.15) is 28.7 Å². The Labute approximate surface area is 166 Å². The van der Waals surface area contributed by atoms with Gasteiger partial charge >= 0.3 is 0 Å². The molecule has 1 unspecified atom stereocenters. The molecule has 0 spiro atoms. The normalized spacial score (nSPS) is 12.5. The molecule has 5 nitrogen and oxygen atoms in total. The van der Waals surface area contributed by atoms with E-state index in [1.54, 1.807) is 11.9 Å². The lowest BCUT2D eigenvalue weighted by Crippen LogP contribution is -2.44. The van der Waals surface area contributed by atoms with Crippen molar-refractivity contribution in [1.29, 1.82) is 0 Å². The zero-order valence-corrected chi connectivity index (χ0v) is 17.5. The number of hydrogen-bond acceptors (Lipinski definition) is 3. The van der Waals surface area contributed by atoms with Crippen molar-refractivity contribution >= 4 is 23.2 Å². The van der Waals surface area contributed by atoms with Crippen molar-refractivity contribution in [3.63, 3.8) is 0 Å². The molecule has 0 fully saturated rings. The average molecular weight is 387 g/mol. The highest BCUT2D eigenvalue weighted by Crippen LogP contribution is 2.16. The van der Waals surface area contributed by atoms with E-state index in [1.165, 1.54) is 9.75 Å². The molecule has 2 aromatic rings. The lowest BCUT2D eigenvalue weighted by molar-refractivity contribution is -0.130. The number of amides is 1. The summed E-state index contributed by atoms with van der Waals surface area (Å²) in [5.74, 6) is 0.846. The van der Waals surface area contributed by atoms with Gasteiger partial charge in [0.25, 0.3) is 0 Å². The number of aliphatic imine (C=N–C) groups is 1. The van der Waals surface area contributed by atoms with Crippen molar-refractivity contribution in [2.24, 2.45) is 4.99 Å². The fraction of sp³-hybridized carbons (Fsp3) is 0.429. The summed E-state index contributed by atoms with van der Waals surface area (Å²) >= 11 is 1.83. The molecule has 0 aliphatic carbocycles. The first-order valence-corrected chi connectivity index (χ1v) is 10.1. The van der Waals surface area contributed by atoms with E-state index in [2.05, 4.69) is 41.6 Å². The molecule has 2 rings (SSSR count). The van der Waals surface area contributed by atoms with Gasteiger partial charge in [0.15, 0.2) is 5.96 Å². The van der Waals surface area contributed by atoms with Gasteiger partial charge in [-0.3, -0.25) is 9.79 Å². The highest BCUT2D eigenvalue weighted by molar-refractivity contribution is 7.11. The van der Waals surface area contributed by atoms with E-state index in [9.17, 15) is 4.79 Å². The second-order valence-electron chi connectivity index (χ2n) is 6.75. The molecule has 0 bridgehead atoms.